The van der Waals surface area contributed by atoms with Crippen LogP contribution >= 0.6 is 15.9 Å². The van der Waals surface area contributed by atoms with E-state index in [9.17, 15) is 4.79 Å². The van der Waals surface area contributed by atoms with Gasteiger partial charge >= 0.3 is 5.97 Å². The highest BCUT2D eigenvalue weighted by Gasteiger charge is 2.30. The molecule has 34 heavy (non-hydrogen) atoms. The lowest BCUT2D eigenvalue weighted by atomic mass is 9.96. The van der Waals surface area contributed by atoms with E-state index >= 15 is 0 Å². The minimum Gasteiger partial charge on any atom is -0.497 e. The molecular weight excluding hydrogens is 490 g/mol. The Morgan fingerprint density at radius 3 is 2.21 bits per heavy atom. The second kappa shape index (κ2) is 11.7. The number of methoxy groups -OCH3 is 1. The number of rotatable bonds is 9. The Labute approximate surface area is 212 Å². The van der Waals surface area contributed by atoms with E-state index < -0.39 is 5.60 Å². The molecular formula is C29H34BrNO3. The third kappa shape index (κ3) is 7.44. The van der Waals surface area contributed by atoms with Crippen molar-refractivity contribution in [2.24, 2.45) is 0 Å². The van der Waals surface area contributed by atoms with Crippen LogP contribution in [0.25, 0.3) is 0 Å². The summed E-state index contributed by atoms with van der Waals surface area (Å²) in [6.07, 6.45) is 0.251. The largest absolute Gasteiger partial charge is 0.497 e. The van der Waals surface area contributed by atoms with Gasteiger partial charge in [0.25, 0.3) is 0 Å². The molecule has 180 valence electrons. The van der Waals surface area contributed by atoms with E-state index in [1.165, 1.54) is 5.56 Å². The van der Waals surface area contributed by atoms with E-state index in [4.69, 9.17) is 9.47 Å². The maximum atomic E-state index is 13.0. The summed E-state index contributed by atoms with van der Waals surface area (Å²) in [6, 6.07) is 26.6. The Morgan fingerprint density at radius 2 is 1.62 bits per heavy atom. The molecule has 0 aromatic heterocycles. The quantitative estimate of drug-likeness (QED) is 0.272. The van der Waals surface area contributed by atoms with Gasteiger partial charge in [-0.3, -0.25) is 9.69 Å². The van der Waals surface area contributed by atoms with Gasteiger partial charge in [0.1, 0.15) is 11.4 Å². The van der Waals surface area contributed by atoms with Gasteiger partial charge in [0.2, 0.25) is 0 Å². The zero-order valence-electron chi connectivity index (χ0n) is 20.6. The molecule has 0 N–H and O–H groups in total. The fraction of sp³-hybridized carbons (Fsp3) is 0.345. The molecule has 0 heterocycles. The molecule has 0 aliphatic carbocycles. The summed E-state index contributed by atoms with van der Waals surface area (Å²) in [5, 5.41) is 0. The van der Waals surface area contributed by atoms with Crippen LogP contribution in [0.3, 0.4) is 0 Å². The SMILES string of the molecule is COc1ccc([C@@H](C)N(Cc2ccccc2)[C@@H](CC(=O)OC(C)(C)C)c2cccc(Br)c2)cc1. The molecule has 0 amide bonds. The fourth-order valence-corrected chi connectivity index (χ4v) is 4.48. The van der Waals surface area contributed by atoms with Crippen LogP contribution in [0.5, 0.6) is 5.75 Å². The number of nitrogens with zero attached hydrogens (tertiary/aromatic N) is 1. The topological polar surface area (TPSA) is 38.8 Å². The lowest BCUT2D eigenvalue weighted by Crippen LogP contribution is -2.34. The van der Waals surface area contributed by atoms with E-state index in [0.29, 0.717) is 6.54 Å². The van der Waals surface area contributed by atoms with Gasteiger partial charge in [-0.2, -0.15) is 0 Å². The Hall–Kier alpha value is -2.63. The average Bonchev–Trinajstić information content (AvgIpc) is 2.80. The van der Waals surface area contributed by atoms with Crippen LogP contribution in [-0.4, -0.2) is 23.6 Å². The maximum absolute atomic E-state index is 13.0. The summed E-state index contributed by atoms with van der Waals surface area (Å²) in [5.74, 6) is 0.611. The predicted octanol–water partition coefficient (Wildman–Crippen LogP) is 7.49. The molecule has 0 aliphatic heterocycles. The molecule has 0 fully saturated rings. The lowest BCUT2D eigenvalue weighted by Gasteiger charge is -2.37. The highest BCUT2D eigenvalue weighted by atomic mass is 79.9. The van der Waals surface area contributed by atoms with Gasteiger partial charge in [-0.05, 0) is 68.7 Å². The molecule has 0 unspecified atom stereocenters. The van der Waals surface area contributed by atoms with Crippen LogP contribution in [0, 0.1) is 0 Å². The average molecular weight is 524 g/mol. The van der Waals surface area contributed by atoms with Crippen molar-refractivity contribution in [3.05, 3.63) is 100 Å². The first-order valence-electron chi connectivity index (χ1n) is 11.6. The van der Waals surface area contributed by atoms with E-state index in [1.54, 1.807) is 7.11 Å². The van der Waals surface area contributed by atoms with Crippen molar-refractivity contribution in [1.82, 2.24) is 4.90 Å². The molecule has 5 heteroatoms. The Balaban J connectivity index is 2.04. The number of hydrogen-bond donors (Lipinski definition) is 0. The van der Waals surface area contributed by atoms with Crippen molar-refractivity contribution in [3.63, 3.8) is 0 Å². The standard InChI is InChI=1S/C29H34BrNO3/c1-21(23-14-16-26(33-5)17-15-23)31(20-22-10-7-6-8-11-22)27(19-28(32)34-29(2,3)4)24-12-9-13-25(30)18-24/h6-18,21,27H,19-20H2,1-5H3/t21-,27+/m1/s1. The van der Waals surface area contributed by atoms with Gasteiger partial charge in [0, 0.05) is 23.1 Å². The highest BCUT2D eigenvalue weighted by molar-refractivity contribution is 9.10. The molecule has 0 spiro atoms. The van der Waals surface area contributed by atoms with E-state index in [2.05, 4.69) is 64.2 Å². The Bertz CT molecular complexity index is 1060. The van der Waals surface area contributed by atoms with Gasteiger partial charge in [-0.25, -0.2) is 0 Å². The highest BCUT2D eigenvalue weighted by Crippen LogP contribution is 2.36. The molecule has 0 bridgehead atoms. The maximum Gasteiger partial charge on any atom is 0.308 e. The fourth-order valence-electron chi connectivity index (χ4n) is 4.07. The van der Waals surface area contributed by atoms with E-state index in [0.717, 1.165) is 21.3 Å². The van der Waals surface area contributed by atoms with Gasteiger partial charge in [0.15, 0.2) is 0 Å². The van der Waals surface area contributed by atoms with Crippen molar-refractivity contribution < 1.29 is 14.3 Å². The van der Waals surface area contributed by atoms with Crippen LogP contribution in [0.1, 0.15) is 62.9 Å². The number of benzene rings is 3. The van der Waals surface area contributed by atoms with Crippen molar-refractivity contribution in [3.8, 4) is 5.75 Å². The summed E-state index contributed by atoms with van der Waals surface area (Å²) in [7, 11) is 1.67. The summed E-state index contributed by atoms with van der Waals surface area (Å²) < 4.78 is 12.1. The minimum absolute atomic E-state index is 0.0394. The van der Waals surface area contributed by atoms with Gasteiger partial charge in [0.05, 0.1) is 13.5 Å². The van der Waals surface area contributed by atoms with Gasteiger partial charge in [-0.15, -0.1) is 0 Å². The normalized spacial score (nSPS) is 13.4. The second-order valence-corrected chi connectivity index (χ2v) is 10.4. The lowest BCUT2D eigenvalue weighted by molar-refractivity contribution is -0.156. The third-order valence-corrected chi connectivity index (χ3v) is 6.21. The molecule has 0 saturated heterocycles. The zero-order valence-corrected chi connectivity index (χ0v) is 22.2. The molecule has 2 atom stereocenters. The van der Waals surface area contributed by atoms with Crippen molar-refractivity contribution in [2.75, 3.05) is 7.11 Å². The van der Waals surface area contributed by atoms with E-state index in [1.807, 2.05) is 63.2 Å². The summed E-state index contributed by atoms with van der Waals surface area (Å²) in [4.78, 5) is 15.4. The minimum atomic E-state index is -0.537. The molecule has 0 aliphatic rings. The smallest absolute Gasteiger partial charge is 0.308 e. The first-order valence-corrected chi connectivity index (χ1v) is 12.4. The number of carbonyl (C=O) groups excluding carboxylic acids is 1. The molecule has 3 rings (SSSR count). The summed E-state index contributed by atoms with van der Waals surface area (Å²) in [5.41, 5.74) is 2.87. The molecule has 3 aromatic rings. The number of hydrogen-bond acceptors (Lipinski definition) is 4. The summed E-state index contributed by atoms with van der Waals surface area (Å²) in [6.45, 7) is 8.58. The van der Waals surface area contributed by atoms with Crippen molar-refractivity contribution >= 4 is 21.9 Å². The molecule has 4 nitrogen and oxygen atoms in total. The molecule has 0 radical (unpaired) electrons. The Kier molecular flexibility index (Phi) is 8.92. The monoisotopic (exact) mass is 523 g/mol. The van der Waals surface area contributed by atoms with Crippen LogP contribution in [-0.2, 0) is 16.1 Å². The second-order valence-electron chi connectivity index (χ2n) is 9.47. The molecule has 3 aromatic carbocycles. The van der Waals surface area contributed by atoms with Crippen molar-refractivity contribution in [1.29, 1.82) is 0 Å². The molecule has 0 saturated carbocycles. The Morgan fingerprint density at radius 1 is 0.941 bits per heavy atom. The van der Waals surface area contributed by atoms with Gasteiger partial charge < -0.3 is 9.47 Å². The first kappa shape index (κ1) is 26.0. The predicted molar refractivity (Wildman–Crippen MR) is 141 cm³/mol. The van der Waals surface area contributed by atoms with Crippen molar-refractivity contribution in [2.45, 2.75) is 58.3 Å². The van der Waals surface area contributed by atoms with Crippen LogP contribution in [0.15, 0.2) is 83.3 Å². The third-order valence-electron chi connectivity index (χ3n) is 5.72. The number of esters is 1. The van der Waals surface area contributed by atoms with Crippen LogP contribution in [0.4, 0.5) is 0 Å². The first-order chi connectivity index (χ1) is 16.2. The number of carbonyl (C=O) groups is 1. The number of ether oxygens (including phenoxy) is 2. The number of halogens is 1. The van der Waals surface area contributed by atoms with Crippen LogP contribution < -0.4 is 4.74 Å². The van der Waals surface area contributed by atoms with E-state index in [-0.39, 0.29) is 24.5 Å². The summed E-state index contributed by atoms with van der Waals surface area (Å²) >= 11 is 3.61. The van der Waals surface area contributed by atoms with Gasteiger partial charge in [-0.1, -0.05) is 70.5 Å². The van der Waals surface area contributed by atoms with Crippen LogP contribution in [0.2, 0.25) is 0 Å². The zero-order chi connectivity index (χ0) is 24.7.